The van der Waals surface area contributed by atoms with Crippen LogP contribution in [-0.2, 0) is 28.6 Å². The zero-order valence-electron chi connectivity index (χ0n) is 18.6. The Morgan fingerprint density at radius 3 is 2.55 bits per heavy atom. The molecular formula is C24H35NO6. The molecule has 3 saturated carbocycles. The molecule has 31 heavy (non-hydrogen) atoms. The number of ether oxygens (including phenoxy) is 3. The summed E-state index contributed by atoms with van der Waals surface area (Å²) < 4.78 is 17.6. The highest BCUT2D eigenvalue weighted by atomic mass is 16.6. The summed E-state index contributed by atoms with van der Waals surface area (Å²) in [4.78, 5) is 40.8. The third-order valence-corrected chi connectivity index (χ3v) is 8.64. The fourth-order valence-electron chi connectivity index (χ4n) is 6.94. The third-order valence-electron chi connectivity index (χ3n) is 8.64. The van der Waals surface area contributed by atoms with Gasteiger partial charge in [0.1, 0.15) is 17.8 Å². The van der Waals surface area contributed by atoms with Crippen LogP contribution in [0.15, 0.2) is 0 Å². The summed E-state index contributed by atoms with van der Waals surface area (Å²) in [6.07, 6.45) is 8.49. The lowest BCUT2D eigenvalue weighted by Crippen LogP contribution is -2.46. The van der Waals surface area contributed by atoms with E-state index in [0.29, 0.717) is 19.4 Å². The van der Waals surface area contributed by atoms with Crippen molar-refractivity contribution in [3.05, 3.63) is 0 Å². The van der Waals surface area contributed by atoms with Gasteiger partial charge in [0.15, 0.2) is 0 Å². The average Bonchev–Trinajstić information content (AvgIpc) is 3.51. The number of piperidine rings is 1. The Balaban J connectivity index is 1.24. The van der Waals surface area contributed by atoms with Crippen molar-refractivity contribution < 1.29 is 28.6 Å². The predicted octanol–water partition coefficient (Wildman–Crippen LogP) is 2.85. The lowest BCUT2D eigenvalue weighted by atomic mass is 9.78. The van der Waals surface area contributed by atoms with Gasteiger partial charge in [0, 0.05) is 18.4 Å². The summed E-state index contributed by atoms with van der Waals surface area (Å²) in [5, 5.41) is 0. The molecule has 0 N–H and O–H groups in total. The second kappa shape index (κ2) is 8.38. The molecule has 0 aromatic carbocycles. The fourth-order valence-corrected chi connectivity index (χ4v) is 6.94. The van der Waals surface area contributed by atoms with Gasteiger partial charge in [-0.25, -0.2) is 0 Å². The highest BCUT2D eigenvalue weighted by molar-refractivity contribution is 5.86. The van der Waals surface area contributed by atoms with Crippen molar-refractivity contribution in [3.63, 3.8) is 0 Å². The van der Waals surface area contributed by atoms with E-state index in [4.69, 9.17) is 14.2 Å². The minimum atomic E-state index is -0.542. The van der Waals surface area contributed by atoms with Crippen molar-refractivity contribution in [3.8, 4) is 0 Å². The topological polar surface area (TPSA) is 82.1 Å². The van der Waals surface area contributed by atoms with Crippen molar-refractivity contribution in [2.75, 3.05) is 19.6 Å². The van der Waals surface area contributed by atoms with Crippen LogP contribution >= 0.6 is 0 Å². The number of fused-ring (bicyclic) bond motifs is 1. The first-order chi connectivity index (χ1) is 15.0. The molecule has 0 radical (unpaired) electrons. The number of esters is 3. The molecule has 5 aliphatic rings. The van der Waals surface area contributed by atoms with Crippen LogP contribution in [0.5, 0.6) is 0 Å². The molecule has 6 unspecified atom stereocenters. The zero-order chi connectivity index (χ0) is 21.6. The van der Waals surface area contributed by atoms with Gasteiger partial charge in [-0.05, 0) is 64.5 Å². The van der Waals surface area contributed by atoms with Gasteiger partial charge in [0.05, 0.1) is 18.3 Å². The van der Waals surface area contributed by atoms with E-state index in [1.165, 1.54) is 19.3 Å². The van der Waals surface area contributed by atoms with Crippen LogP contribution in [0.1, 0.15) is 71.1 Å². The molecule has 0 aromatic heterocycles. The van der Waals surface area contributed by atoms with E-state index >= 15 is 0 Å². The minimum Gasteiger partial charge on any atom is -0.459 e. The molecular weight excluding hydrogens is 398 g/mol. The fraction of sp³-hybridized carbons (Fsp3) is 0.875. The highest BCUT2D eigenvalue weighted by Crippen LogP contribution is 2.59. The molecule has 0 spiro atoms. The van der Waals surface area contributed by atoms with E-state index in [0.717, 1.165) is 45.2 Å². The van der Waals surface area contributed by atoms with Gasteiger partial charge < -0.3 is 19.1 Å². The van der Waals surface area contributed by atoms with Gasteiger partial charge in [-0.2, -0.15) is 0 Å². The molecule has 0 amide bonds. The molecule has 6 atom stereocenters. The van der Waals surface area contributed by atoms with Crippen molar-refractivity contribution in [2.45, 2.75) is 88.9 Å². The van der Waals surface area contributed by atoms with Gasteiger partial charge in [0.25, 0.3) is 0 Å². The summed E-state index contributed by atoms with van der Waals surface area (Å²) in [6.45, 7) is 4.84. The van der Waals surface area contributed by atoms with Crippen LogP contribution in [0.4, 0.5) is 0 Å². The van der Waals surface area contributed by atoms with Crippen molar-refractivity contribution in [2.24, 2.45) is 23.7 Å². The molecule has 2 bridgehead atoms. The number of hydrogen-bond acceptors (Lipinski definition) is 7. The smallest absolute Gasteiger partial charge is 0.310 e. The first-order valence-electron chi connectivity index (χ1n) is 12.4. The Bertz CT molecular complexity index is 726. The molecule has 2 aliphatic heterocycles. The number of likely N-dealkylation sites (tertiary alicyclic amines) is 1. The maximum Gasteiger partial charge on any atom is 0.310 e. The third kappa shape index (κ3) is 3.77. The summed E-state index contributed by atoms with van der Waals surface area (Å²) in [5.41, 5.74) is -0.387. The molecule has 172 valence electrons. The van der Waals surface area contributed by atoms with E-state index in [2.05, 4.69) is 11.8 Å². The predicted molar refractivity (Wildman–Crippen MR) is 111 cm³/mol. The first kappa shape index (κ1) is 21.2. The Labute approximate surface area is 184 Å². The number of carbonyl (C=O) groups is 3. The Kier molecular flexibility index (Phi) is 5.74. The number of rotatable bonds is 7. The van der Waals surface area contributed by atoms with E-state index < -0.39 is 24.0 Å². The SMILES string of the molecule is CCC1(OC(=O)C2C3CC4C(OC(=O)C42)C3OC(=O)CCN2CCCCC2)CCCC1. The lowest BCUT2D eigenvalue weighted by Gasteiger charge is -2.34. The standard InChI is InChI=1S/C24H35NO6/c1-2-24(9-4-5-10-24)31-23(28)19-16-14-15-18(19)22(27)30-21(15)20(16)29-17(26)8-13-25-11-6-3-7-12-25/h15-16,18-21H,2-14H2,1H3. The number of hydrogen-bond donors (Lipinski definition) is 0. The summed E-state index contributed by atoms with van der Waals surface area (Å²) in [7, 11) is 0. The molecule has 0 aromatic rings. The molecule has 7 heteroatoms. The van der Waals surface area contributed by atoms with Crippen LogP contribution in [0.25, 0.3) is 0 Å². The Hall–Kier alpha value is -1.63. The van der Waals surface area contributed by atoms with Crippen LogP contribution in [0.3, 0.4) is 0 Å². The quantitative estimate of drug-likeness (QED) is 0.451. The summed E-state index contributed by atoms with van der Waals surface area (Å²) in [6, 6.07) is 0. The first-order valence-corrected chi connectivity index (χ1v) is 12.4. The Morgan fingerprint density at radius 1 is 1.10 bits per heavy atom. The zero-order valence-corrected chi connectivity index (χ0v) is 18.6. The van der Waals surface area contributed by atoms with Crippen LogP contribution < -0.4 is 0 Å². The molecule has 3 aliphatic carbocycles. The lowest BCUT2D eigenvalue weighted by molar-refractivity contribution is -0.175. The molecule has 5 fully saturated rings. The maximum absolute atomic E-state index is 13.3. The van der Waals surface area contributed by atoms with Crippen LogP contribution in [-0.4, -0.2) is 60.3 Å². The monoisotopic (exact) mass is 433 g/mol. The van der Waals surface area contributed by atoms with Crippen molar-refractivity contribution in [1.29, 1.82) is 0 Å². The summed E-state index contributed by atoms with van der Waals surface area (Å²) >= 11 is 0. The van der Waals surface area contributed by atoms with Gasteiger partial charge >= 0.3 is 17.9 Å². The average molecular weight is 434 g/mol. The molecule has 5 rings (SSSR count). The molecule has 2 heterocycles. The van der Waals surface area contributed by atoms with Gasteiger partial charge in [-0.3, -0.25) is 14.4 Å². The van der Waals surface area contributed by atoms with E-state index in [9.17, 15) is 14.4 Å². The minimum absolute atomic E-state index is 0.0314. The van der Waals surface area contributed by atoms with Gasteiger partial charge in [-0.1, -0.05) is 13.3 Å². The largest absolute Gasteiger partial charge is 0.459 e. The van der Waals surface area contributed by atoms with Crippen molar-refractivity contribution in [1.82, 2.24) is 4.90 Å². The molecule has 7 nitrogen and oxygen atoms in total. The van der Waals surface area contributed by atoms with Gasteiger partial charge in [0.2, 0.25) is 0 Å². The number of nitrogens with zero attached hydrogens (tertiary/aromatic N) is 1. The Morgan fingerprint density at radius 2 is 1.84 bits per heavy atom. The van der Waals surface area contributed by atoms with Crippen LogP contribution in [0.2, 0.25) is 0 Å². The second-order valence-electron chi connectivity index (χ2n) is 10.3. The van der Waals surface area contributed by atoms with E-state index in [1.54, 1.807) is 0 Å². The number of carbonyl (C=O) groups excluding carboxylic acids is 3. The maximum atomic E-state index is 13.3. The molecule has 2 saturated heterocycles. The van der Waals surface area contributed by atoms with E-state index in [1.807, 2.05) is 0 Å². The second-order valence-corrected chi connectivity index (χ2v) is 10.3. The highest BCUT2D eigenvalue weighted by Gasteiger charge is 2.70. The van der Waals surface area contributed by atoms with Crippen LogP contribution in [0, 0.1) is 23.7 Å². The van der Waals surface area contributed by atoms with Gasteiger partial charge in [-0.15, -0.1) is 0 Å². The normalized spacial score (nSPS) is 38.3. The van der Waals surface area contributed by atoms with E-state index in [-0.39, 0.29) is 35.3 Å². The van der Waals surface area contributed by atoms with Crippen molar-refractivity contribution >= 4 is 17.9 Å². The summed E-state index contributed by atoms with van der Waals surface area (Å²) in [5.74, 6) is -2.03.